The third kappa shape index (κ3) is 5.20. The topological polar surface area (TPSA) is 113 Å². The highest BCUT2D eigenvalue weighted by molar-refractivity contribution is 6.17. The van der Waals surface area contributed by atoms with E-state index in [1.165, 1.54) is 4.68 Å². The van der Waals surface area contributed by atoms with Crippen LogP contribution in [0.15, 0.2) is 89.7 Å². The molecule has 2 aromatic carbocycles. The van der Waals surface area contributed by atoms with Gasteiger partial charge >= 0.3 is 0 Å². The summed E-state index contributed by atoms with van der Waals surface area (Å²) in [5.41, 5.74) is 5.92. The van der Waals surface area contributed by atoms with Crippen LogP contribution in [0, 0.1) is 0 Å². The number of methoxy groups -OCH3 is 2. The van der Waals surface area contributed by atoms with Gasteiger partial charge in [0, 0.05) is 23.7 Å². The van der Waals surface area contributed by atoms with E-state index in [4.69, 9.17) is 24.4 Å². The second-order valence-corrected chi connectivity index (χ2v) is 8.07. The van der Waals surface area contributed by atoms with E-state index in [9.17, 15) is 5.11 Å². The number of ether oxygens (including phenoxy) is 2. The van der Waals surface area contributed by atoms with E-state index in [2.05, 4.69) is 9.67 Å². The first kappa shape index (κ1) is 25.2. The number of hydrogen-bond donors (Lipinski definition) is 1. The number of pyridine rings is 1. The van der Waals surface area contributed by atoms with Crippen molar-refractivity contribution < 1.29 is 29.0 Å². The third-order valence-electron chi connectivity index (χ3n) is 5.69. The predicted molar refractivity (Wildman–Crippen MR) is 136 cm³/mol. The van der Waals surface area contributed by atoms with Crippen molar-refractivity contribution in [2.45, 2.75) is 13.8 Å². The van der Waals surface area contributed by atoms with Crippen LogP contribution in [0.3, 0.4) is 0 Å². The second kappa shape index (κ2) is 10.8. The zero-order chi connectivity index (χ0) is 26.5. The molecule has 188 valence electrons. The van der Waals surface area contributed by atoms with Gasteiger partial charge in [0.15, 0.2) is 6.20 Å². The quantitative estimate of drug-likeness (QED) is 0.423. The van der Waals surface area contributed by atoms with Crippen molar-refractivity contribution in [1.29, 1.82) is 0 Å². The fraction of sp³-hybridized carbons (Fsp3) is 0.143. The Bertz CT molecular complexity index is 1480. The van der Waals surface area contributed by atoms with Gasteiger partial charge in [-0.2, -0.15) is 14.3 Å². The van der Waals surface area contributed by atoms with Crippen LogP contribution < -0.4 is 19.1 Å². The normalized spacial score (nSPS) is 13.1. The Kier molecular flexibility index (Phi) is 7.34. The molecular formula is C28H26N4O5. The van der Waals surface area contributed by atoms with Crippen molar-refractivity contribution in [1.82, 2.24) is 9.78 Å². The average Bonchev–Trinajstić information content (AvgIpc) is 3.40. The maximum atomic E-state index is 10.9. The van der Waals surface area contributed by atoms with Crippen LogP contribution in [0.5, 0.6) is 17.4 Å². The van der Waals surface area contributed by atoms with Crippen LogP contribution in [-0.4, -0.2) is 40.8 Å². The largest absolute Gasteiger partial charge is 0.550 e. The number of nitrogens with zero attached hydrogens (tertiary/aromatic N) is 4. The van der Waals surface area contributed by atoms with Crippen LogP contribution in [0.4, 0.5) is 5.69 Å². The summed E-state index contributed by atoms with van der Waals surface area (Å²) in [6.07, 6.45) is 3.58. The molecule has 1 aliphatic heterocycles. The fourth-order valence-corrected chi connectivity index (χ4v) is 4.01. The Morgan fingerprint density at radius 2 is 1.59 bits per heavy atom. The first-order valence-electron chi connectivity index (χ1n) is 11.4. The van der Waals surface area contributed by atoms with Gasteiger partial charge in [-0.3, -0.25) is 0 Å². The summed E-state index contributed by atoms with van der Waals surface area (Å²) in [4.78, 5) is 13.7. The van der Waals surface area contributed by atoms with Gasteiger partial charge in [0.05, 0.1) is 31.7 Å². The Hall–Kier alpha value is -4.92. The average molecular weight is 499 g/mol. The molecular weight excluding hydrogens is 472 g/mol. The Labute approximate surface area is 214 Å². The summed E-state index contributed by atoms with van der Waals surface area (Å²) in [6, 6.07) is 21.2. The third-order valence-corrected chi connectivity index (χ3v) is 5.69. The van der Waals surface area contributed by atoms with Gasteiger partial charge in [0.2, 0.25) is 17.3 Å². The number of carboxylic acids is 1. The number of fused-ring (bicyclic) bond motifs is 1. The van der Waals surface area contributed by atoms with Gasteiger partial charge < -0.3 is 24.5 Å². The molecule has 0 atom stereocenters. The summed E-state index contributed by atoms with van der Waals surface area (Å²) in [5.74, 6) is 0.427. The van der Waals surface area contributed by atoms with Crippen LogP contribution in [-0.2, 0) is 4.79 Å². The van der Waals surface area contributed by atoms with Crippen LogP contribution in [0.25, 0.3) is 11.4 Å². The molecule has 1 aliphatic rings. The Morgan fingerprint density at radius 1 is 1.00 bits per heavy atom. The number of aliphatic carboxylic acids is 1. The van der Waals surface area contributed by atoms with Crippen molar-refractivity contribution >= 4 is 23.1 Å². The van der Waals surface area contributed by atoms with Gasteiger partial charge in [0.1, 0.15) is 22.9 Å². The molecule has 0 aliphatic carbocycles. The standard InChI is InChI=1S/C26H22N4O3.C2H4O2/c1-17-24(28-22-16-27-30(26(22)31)19-9-13-21(33-3)14-10-19)23-6-4-5-15-29(23)25(17)18-7-11-20(32-2)12-8-18;1-2(3)4/h4-16H,1-3H3;1H3,(H,3,4). The van der Waals surface area contributed by atoms with Gasteiger partial charge in [-0.25, -0.2) is 4.99 Å². The number of carboxylic acid groups (broad SMARTS) is 1. The summed E-state index contributed by atoms with van der Waals surface area (Å²) >= 11 is 0. The number of carbonyl (C=O) groups excluding carboxylic acids is 1. The Morgan fingerprint density at radius 3 is 2.19 bits per heavy atom. The van der Waals surface area contributed by atoms with Crippen LogP contribution >= 0.6 is 0 Å². The molecule has 3 heterocycles. The van der Waals surface area contributed by atoms with E-state index in [1.807, 2.05) is 79.9 Å². The molecule has 2 aromatic heterocycles. The number of carbonyl (C=O) groups is 1. The number of hydrogen-bond acceptors (Lipinski definition) is 7. The number of allylic oxidation sites excluding steroid dienone is 1. The molecule has 0 radical (unpaired) electrons. The lowest BCUT2D eigenvalue weighted by atomic mass is 10.1. The summed E-state index contributed by atoms with van der Waals surface area (Å²) in [7, 11) is 3.27. The zero-order valence-corrected chi connectivity index (χ0v) is 20.9. The van der Waals surface area contributed by atoms with Gasteiger partial charge in [-0.05, 0) is 68.4 Å². The molecule has 0 saturated carbocycles. The molecule has 0 saturated heterocycles. The van der Waals surface area contributed by atoms with Crippen LogP contribution in [0.2, 0.25) is 0 Å². The first-order valence-corrected chi connectivity index (χ1v) is 11.4. The highest BCUT2D eigenvalue weighted by Crippen LogP contribution is 2.33. The zero-order valence-electron chi connectivity index (χ0n) is 20.9. The van der Waals surface area contributed by atoms with Crippen molar-refractivity contribution in [2.75, 3.05) is 14.2 Å². The minimum absolute atomic E-state index is 0.0270. The minimum atomic E-state index is -1.08. The number of aromatic nitrogens is 3. The maximum Gasteiger partial charge on any atom is 0.240 e. The summed E-state index contributed by atoms with van der Waals surface area (Å²) in [5, 5.41) is 24.1. The second-order valence-electron chi connectivity index (χ2n) is 8.07. The smallest absolute Gasteiger partial charge is 0.240 e. The van der Waals surface area contributed by atoms with E-state index in [1.54, 1.807) is 20.4 Å². The molecule has 9 nitrogen and oxygen atoms in total. The van der Waals surface area contributed by atoms with E-state index >= 15 is 0 Å². The monoisotopic (exact) mass is 498 g/mol. The van der Waals surface area contributed by atoms with E-state index in [0.717, 1.165) is 46.7 Å². The van der Waals surface area contributed by atoms with Crippen molar-refractivity contribution in [2.24, 2.45) is 4.99 Å². The number of rotatable bonds is 5. The van der Waals surface area contributed by atoms with Crippen molar-refractivity contribution in [3.05, 3.63) is 96.0 Å². The molecule has 0 fully saturated rings. The lowest BCUT2D eigenvalue weighted by Gasteiger charge is -2.04. The van der Waals surface area contributed by atoms with Crippen molar-refractivity contribution in [3.8, 4) is 23.1 Å². The summed E-state index contributed by atoms with van der Waals surface area (Å²) in [6.45, 7) is 3.01. The predicted octanol–water partition coefficient (Wildman–Crippen LogP) is 3.05. The highest BCUT2D eigenvalue weighted by atomic mass is 16.5. The maximum absolute atomic E-state index is 10.9. The van der Waals surface area contributed by atoms with E-state index < -0.39 is 5.97 Å². The Balaban J connectivity index is 0.000000747. The molecule has 0 bridgehead atoms. The molecule has 0 amide bonds. The first-order chi connectivity index (χ1) is 17.8. The van der Waals surface area contributed by atoms with Crippen molar-refractivity contribution in [3.63, 3.8) is 0 Å². The summed E-state index contributed by atoms with van der Waals surface area (Å²) < 4.78 is 14.1. The number of benzene rings is 2. The molecule has 9 heteroatoms. The van der Waals surface area contributed by atoms with Gasteiger partial charge in [0.25, 0.3) is 0 Å². The van der Waals surface area contributed by atoms with Crippen LogP contribution in [0.1, 0.15) is 25.1 Å². The lowest BCUT2D eigenvalue weighted by Crippen LogP contribution is -2.34. The van der Waals surface area contributed by atoms with Gasteiger partial charge in [-0.1, -0.05) is 0 Å². The molecule has 0 spiro atoms. The fourth-order valence-electron chi connectivity index (χ4n) is 4.01. The highest BCUT2D eigenvalue weighted by Gasteiger charge is 2.35. The minimum Gasteiger partial charge on any atom is -0.550 e. The molecule has 4 aromatic rings. The SMILES string of the molecule is CC(=O)[O-].COc1ccc(C2=C(C)/C(=N\c3cnn(-c4ccc(OC)cc4)c3O)c3cccc[n+]32)cc1. The molecule has 37 heavy (non-hydrogen) atoms. The molecule has 1 N–H and O–H groups in total. The number of aromatic hydroxyl groups is 1. The van der Waals surface area contributed by atoms with E-state index in [0.29, 0.717) is 11.4 Å². The lowest BCUT2D eigenvalue weighted by molar-refractivity contribution is -0.577. The number of aliphatic imine (C=N–C) groups is 1. The van der Waals surface area contributed by atoms with E-state index in [-0.39, 0.29) is 5.88 Å². The molecule has 5 rings (SSSR count). The van der Waals surface area contributed by atoms with Gasteiger partial charge in [-0.15, -0.1) is 0 Å². The molecule has 0 unspecified atom stereocenters.